The van der Waals surface area contributed by atoms with Gasteiger partial charge in [0.2, 0.25) is 0 Å². The fourth-order valence-corrected chi connectivity index (χ4v) is 2.91. The van der Waals surface area contributed by atoms with Crippen LogP contribution in [0.4, 0.5) is 5.69 Å². The summed E-state index contributed by atoms with van der Waals surface area (Å²) in [4.78, 5) is 2.88. The van der Waals surface area contributed by atoms with Gasteiger partial charge in [0.1, 0.15) is 4.99 Å². The largest absolute Gasteiger partial charge is 0.389 e. The first kappa shape index (κ1) is 14.3. The number of fused-ring (bicyclic) bond motifs is 1. The van der Waals surface area contributed by atoms with Crippen molar-refractivity contribution < 1.29 is 0 Å². The molecule has 0 spiro atoms. The SMILES string of the molecule is CN(CCNc1ccc(C(N)=S)c2ccccc12)C1CC1. The number of nitrogens with two attached hydrogens (primary N) is 1. The van der Waals surface area contributed by atoms with E-state index >= 15 is 0 Å². The predicted octanol–water partition coefficient (Wildman–Crippen LogP) is 2.98. The summed E-state index contributed by atoms with van der Waals surface area (Å²) in [6, 6.07) is 13.2. The minimum atomic E-state index is 0.450. The van der Waals surface area contributed by atoms with Gasteiger partial charge in [0, 0.05) is 35.8 Å². The van der Waals surface area contributed by atoms with Crippen LogP contribution in [0.25, 0.3) is 10.8 Å². The quantitative estimate of drug-likeness (QED) is 0.805. The molecule has 1 aliphatic rings. The van der Waals surface area contributed by atoms with Crippen molar-refractivity contribution in [3.63, 3.8) is 0 Å². The number of benzene rings is 2. The lowest BCUT2D eigenvalue weighted by molar-refractivity contribution is 0.337. The van der Waals surface area contributed by atoms with Gasteiger partial charge in [-0.3, -0.25) is 0 Å². The lowest BCUT2D eigenvalue weighted by atomic mass is 10.0. The van der Waals surface area contributed by atoms with Crippen LogP contribution in [-0.2, 0) is 0 Å². The molecule has 4 heteroatoms. The molecule has 0 bridgehead atoms. The van der Waals surface area contributed by atoms with E-state index in [9.17, 15) is 0 Å². The zero-order chi connectivity index (χ0) is 14.8. The molecule has 1 fully saturated rings. The Morgan fingerprint density at radius 2 is 1.95 bits per heavy atom. The third kappa shape index (κ3) is 3.17. The van der Waals surface area contributed by atoms with Crippen LogP contribution < -0.4 is 11.1 Å². The summed E-state index contributed by atoms with van der Waals surface area (Å²) in [7, 11) is 2.20. The Labute approximate surface area is 131 Å². The van der Waals surface area contributed by atoms with E-state index in [1.807, 2.05) is 18.2 Å². The molecule has 3 rings (SSSR count). The Balaban J connectivity index is 1.78. The van der Waals surface area contributed by atoms with Gasteiger partial charge >= 0.3 is 0 Å². The van der Waals surface area contributed by atoms with Crippen LogP contribution in [0.5, 0.6) is 0 Å². The van der Waals surface area contributed by atoms with Gasteiger partial charge in [0.15, 0.2) is 0 Å². The van der Waals surface area contributed by atoms with Crippen molar-refractivity contribution in [2.24, 2.45) is 5.73 Å². The number of thiocarbonyl (C=S) groups is 1. The highest BCUT2D eigenvalue weighted by Gasteiger charge is 2.25. The second-order valence-electron chi connectivity index (χ2n) is 5.71. The third-order valence-electron chi connectivity index (χ3n) is 4.14. The van der Waals surface area contributed by atoms with Gasteiger partial charge in [-0.2, -0.15) is 0 Å². The van der Waals surface area contributed by atoms with E-state index in [-0.39, 0.29) is 0 Å². The first-order chi connectivity index (χ1) is 10.2. The van der Waals surface area contributed by atoms with Gasteiger partial charge in [0.05, 0.1) is 0 Å². The molecule has 1 aliphatic carbocycles. The Hall–Kier alpha value is -1.65. The average Bonchev–Trinajstić information content (AvgIpc) is 3.31. The molecule has 110 valence electrons. The smallest absolute Gasteiger partial charge is 0.104 e. The molecule has 1 saturated carbocycles. The van der Waals surface area contributed by atoms with Crippen LogP contribution >= 0.6 is 12.2 Å². The van der Waals surface area contributed by atoms with Crippen molar-refractivity contribution in [3.8, 4) is 0 Å². The van der Waals surface area contributed by atoms with Gasteiger partial charge in [0.25, 0.3) is 0 Å². The standard InChI is InChI=1S/C17H21N3S/c1-20(12-6-7-12)11-10-19-16-9-8-15(17(18)21)13-4-2-3-5-14(13)16/h2-5,8-9,12,19H,6-7,10-11H2,1H3,(H2,18,21). The summed E-state index contributed by atoms with van der Waals surface area (Å²) >= 11 is 5.14. The fraction of sp³-hybridized carbons (Fsp3) is 0.353. The lowest BCUT2D eigenvalue weighted by Gasteiger charge is -2.17. The van der Waals surface area contributed by atoms with Gasteiger partial charge in [-0.25, -0.2) is 0 Å². The van der Waals surface area contributed by atoms with Crippen LogP contribution in [0.1, 0.15) is 18.4 Å². The van der Waals surface area contributed by atoms with Crippen LogP contribution in [0.2, 0.25) is 0 Å². The van der Waals surface area contributed by atoms with E-state index in [2.05, 4.69) is 35.5 Å². The Morgan fingerprint density at radius 1 is 1.24 bits per heavy atom. The summed E-state index contributed by atoms with van der Waals surface area (Å²) in [5.41, 5.74) is 7.91. The van der Waals surface area contributed by atoms with E-state index in [1.165, 1.54) is 18.2 Å². The zero-order valence-corrected chi connectivity index (χ0v) is 13.1. The molecular formula is C17H21N3S. The van der Waals surface area contributed by atoms with Crippen molar-refractivity contribution in [2.75, 3.05) is 25.5 Å². The maximum Gasteiger partial charge on any atom is 0.104 e. The van der Waals surface area contributed by atoms with E-state index < -0.39 is 0 Å². The molecule has 0 heterocycles. The number of anilines is 1. The summed E-state index contributed by atoms with van der Waals surface area (Å²) in [6.45, 7) is 2.01. The summed E-state index contributed by atoms with van der Waals surface area (Å²) < 4.78 is 0. The van der Waals surface area contributed by atoms with Crippen LogP contribution in [0, 0.1) is 0 Å². The molecule has 0 atom stereocenters. The topological polar surface area (TPSA) is 41.3 Å². The number of nitrogens with one attached hydrogen (secondary N) is 1. The molecule has 21 heavy (non-hydrogen) atoms. The lowest BCUT2D eigenvalue weighted by Crippen LogP contribution is -2.27. The molecule has 0 saturated heterocycles. The molecule has 0 aromatic heterocycles. The second-order valence-corrected chi connectivity index (χ2v) is 6.15. The first-order valence-corrected chi connectivity index (χ1v) is 7.83. The highest BCUT2D eigenvalue weighted by Crippen LogP contribution is 2.27. The number of hydrogen-bond donors (Lipinski definition) is 2. The molecule has 3 N–H and O–H groups in total. The Kier molecular flexibility index (Phi) is 4.08. The molecule has 2 aromatic carbocycles. The molecule has 0 aliphatic heterocycles. The minimum Gasteiger partial charge on any atom is -0.389 e. The van der Waals surface area contributed by atoms with Gasteiger partial charge in [-0.05, 0) is 37.4 Å². The molecule has 0 unspecified atom stereocenters. The van der Waals surface area contributed by atoms with Gasteiger partial charge < -0.3 is 16.0 Å². The zero-order valence-electron chi connectivity index (χ0n) is 12.3. The molecular weight excluding hydrogens is 278 g/mol. The van der Waals surface area contributed by atoms with Crippen molar-refractivity contribution in [2.45, 2.75) is 18.9 Å². The van der Waals surface area contributed by atoms with E-state index in [0.29, 0.717) is 4.99 Å². The second kappa shape index (κ2) is 6.00. The molecule has 0 amide bonds. The van der Waals surface area contributed by atoms with Crippen molar-refractivity contribution in [1.29, 1.82) is 0 Å². The van der Waals surface area contributed by atoms with E-state index in [0.717, 1.165) is 35.8 Å². The summed E-state index contributed by atoms with van der Waals surface area (Å²) in [5.74, 6) is 0. The van der Waals surface area contributed by atoms with Crippen molar-refractivity contribution in [1.82, 2.24) is 4.90 Å². The number of hydrogen-bond acceptors (Lipinski definition) is 3. The Bertz CT molecular complexity index is 664. The van der Waals surface area contributed by atoms with E-state index in [4.69, 9.17) is 18.0 Å². The Morgan fingerprint density at radius 3 is 2.62 bits per heavy atom. The highest BCUT2D eigenvalue weighted by molar-refractivity contribution is 7.80. The number of rotatable bonds is 6. The van der Waals surface area contributed by atoms with Crippen LogP contribution in [0.15, 0.2) is 36.4 Å². The normalized spacial score (nSPS) is 14.6. The minimum absolute atomic E-state index is 0.450. The fourth-order valence-electron chi connectivity index (χ4n) is 2.73. The summed E-state index contributed by atoms with van der Waals surface area (Å²) in [6.07, 6.45) is 2.70. The van der Waals surface area contributed by atoms with Gasteiger partial charge in [-0.15, -0.1) is 0 Å². The predicted molar refractivity (Wildman–Crippen MR) is 94.0 cm³/mol. The number of likely N-dealkylation sites (N-methyl/N-ethyl adjacent to an activating group) is 1. The third-order valence-corrected chi connectivity index (χ3v) is 4.36. The summed E-state index contributed by atoms with van der Waals surface area (Å²) in [5, 5.41) is 5.84. The molecule has 2 aromatic rings. The van der Waals surface area contributed by atoms with Gasteiger partial charge in [-0.1, -0.05) is 36.5 Å². The monoisotopic (exact) mass is 299 g/mol. The number of nitrogens with zero attached hydrogens (tertiary/aromatic N) is 1. The average molecular weight is 299 g/mol. The highest BCUT2D eigenvalue weighted by atomic mass is 32.1. The molecule has 3 nitrogen and oxygen atoms in total. The van der Waals surface area contributed by atoms with E-state index in [1.54, 1.807) is 0 Å². The van der Waals surface area contributed by atoms with Crippen molar-refractivity contribution in [3.05, 3.63) is 42.0 Å². The van der Waals surface area contributed by atoms with Crippen molar-refractivity contribution >= 4 is 33.7 Å². The molecule has 0 radical (unpaired) electrons. The maximum absolute atomic E-state index is 5.81. The van der Waals surface area contributed by atoms with Crippen LogP contribution in [0.3, 0.4) is 0 Å². The first-order valence-electron chi connectivity index (χ1n) is 7.42. The van der Waals surface area contributed by atoms with Crippen LogP contribution in [-0.4, -0.2) is 36.1 Å². The maximum atomic E-state index is 5.81.